The molecule has 0 aliphatic carbocycles. The number of nitrogens with two attached hydrogens (primary N) is 2. The molecule has 10 heteroatoms. The number of rotatable bonds is 3. The molecule has 0 heterocycles. The first kappa shape index (κ1) is 16.0. The summed E-state index contributed by atoms with van der Waals surface area (Å²) in [6.45, 7) is 0. The average Bonchev–Trinajstić information content (AvgIpc) is 1.82. The van der Waals surface area contributed by atoms with E-state index in [0.717, 1.165) is 22.6 Å². The second-order valence-corrected chi connectivity index (χ2v) is 5.71. The summed E-state index contributed by atoms with van der Waals surface area (Å²) < 4.78 is 26.6. The second kappa shape index (κ2) is 4.89. The Labute approximate surface area is 110 Å². The van der Waals surface area contributed by atoms with Gasteiger partial charge in [0.2, 0.25) is 0 Å². The molecule has 0 aromatic rings. The van der Waals surface area contributed by atoms with Gasteiger partial charge in [-0.15, -0.1) is 0 Å². The summed E-state index contributed by atoms with van der Waals surface area (Å²) >= 11 is 0.874. The molecule has 0 atom stereocenters. The van der Waals surface area contributed by atoms with Crippen molar-refractivity contribution in [3.8, 4) is 0 Å². The van der Waals surface area contributed by atoms with Crippen molar-refractivity contribution in [1.29, 1.82) is 0 Å². The van der Waals surface area contributed by atoms with E-state index in [9.17, 15) is 18.0 Å². The first-order chi connectivity index (χ1) is 5.14. The van der Waals surface area contributed by atoms with Gasteiger partial charge in [-0.2, -0.15) is 8.42 Å². The van der Waals surface area contributed by atoms with E-state index in [2.05, 4.69) is 11.5 Å². The van der Waals surface area contributed by atoms with Gasteiger partial charge in [0.1, 0.15) is 0 Å². The molecule has 0 saturated carbocycles. The Morgan fingerprint density at radius 2 is 1.46 bits per heavy atom. The standard InChI is InChI=1S/C3H5IN2O5S.Na.H/c4-3(1(5)7,2(6)8)12(9,10)11;;/h(H2,5,7)(H2,6,8)(H,9,10,11);;. The van der Waals surface area contributed by atoms with Crippen LogP contribution in [0, 0.1) is 0 Å². The van der Waals surface area contributed by atoms with Crippen LogP contribution in [0.4, 0.5) is 0 Å². The van der Waals surface area contributed by atoms with E-state index < -0.39 is 24.7 Å². The van der Waals surface area contributed by atoms with Crippen molar-refractivity contribution in [2.24, 2.45) is 11.5 Å². The summed E-state index contributed by atoms with van der Waals surface area (Å²) in [6.07, 6.45) is 0. The molecule has 0 rings (SSSR count). The number of alkyl halides is 1. The van der Waals surface area contributed by atoms with E-state index in [1.165, 1.54) is 0 Å². The molecule has 0 bridgehead atoms. The molecule has 72 valence electrons. The molecule has 0 aliphatic rings. The van der Waals surface area contributed by atoms with Crippen molar-refractivity contribution in [3.05, 3.63) is 0 Å². The van der Waals surface area contributed by atoms with Crippen LogP contribution in [0.3, 0.4) is 0 Å². The van der Waals surface area contributed by atoms with Crippen LogP contribution in [0.2, 0.25) is 0 Å². The summed E-state index contributed by atoms with van der Waals surface area (Å²) in [6, 6.07) is 0. The number of halogens is 1. The maximum absolute atomic E-state index is 10.5. The van der Waals surface area contributed by atoms with Crippen molar-refractivity contribution in [2.45, 2.75) is 2.75 Å². The summed E-state index contributed by atoms with van der Waals surface area (Å²) in [5, 5.41) is 0. The van der Waals surface area contributed by atoms with Gasteiger partial charge >= 0.3 is 32.3 Å². The van der Waals surface area contributed by atoms with Crippen LogP contribution in [0.15, 0.2) is 0 Å². The molecule has 13 heavy (non-hydrogen) atoms. The predicted octanol–water partition coefficient (Wildman–Crippen LogP) is -2.67. The van der Waals surface area contributed by atoms with E-state index in [-0.39, 0.29) is 29.6 Å². The molecule has 0 aromatic carbocycles. The number of carbonyl (C=O) groups is 2. The second-order valence-electron chi connectivity index (χ2n) is 1.80. The van der Waals surface area contributed by atoms with Gasteiger partial charge < -0.3 is 11.5 Å². The molecular weight excluding hydrogens is 326 g/mol. The first-order valence-electron chi connectivity index (χ1n) is 2.39. The molecule has 0 spiro atoms. The van der Waals surface area contributed by atoms with Gasteiger partial charge in [0.25, 0.3) is 21.9 Å². The summed E-state index contributed by atoms with van der Waals surface area (Å²) in [7, 11) is -4.93. The van der Waals surface area contributed by atoms with Crippen molar-refractivity contribution < 1.29 is 22.6 Å². The van der Waals surface area contributed by atoms with Gasteiger partial charge in [-0.3, -0.25) is 14.1 Å². The summed E-state index contributed by atoms with van der Waals surface area (Å²) in [4.78, 5) is 21.0. The van der Waals surface area contributed by atoms with E-state index in [0.29, 0.717) is 0 Å². The van der Waals surface area contributed by atoms with Crippen LogP contribution in [-0.2, 0) is 19.7 Å². The summed E-state index contributed by atoms with van der Waals surface area (Å²) in [5.74, 6) is -3.06. The molecule has 7 nitrogen and oxygen atoms in total. The molecule has 0 saturated heterocycles. The molecule has 0 aromatic heterocycles. The quantitative estimate of drug-likeness (QED) is 0.170. The Bertz CT molecular complexity index is 313. The molecule has 0 aliphatic heterocycles. The van der Waals surface area contributed by atoms with Gasteiger partial charge in [0.05, 0.1) is 0 Å². The first-order valence-corrected chi connectivity index (χ1v) is 4.91. The van der Waals surface area contributed by atoms with Crippen LogP contribution in [-0.4, -0.2) is 57.1 Å². The normalized spacial score (nSPS) is 11.5. The zero-order valence-corrected chi connectivity index (χ0v) is 8.50. The number of carbonyl (C=O) groups excluding carboxylic acids is 2. The Kier molecular flexibility index (Phi) is 6.02. The fraction of sp³-hybridized carbons (Fsp3) is 0.333. The fourth-order valence-electron chi connectivity index (χ4n) is 0.376. The third-order valence-corrected chi connectivity index (χ3v) is 4.84. The van der Waals surface area contributed by atoms with Crippen LogP contribution in [0.25, 0.3) is 0 Å². The molecule has 0 unspecified atom stereocenters. The van der Waals surface area contributed by atoms with E-state index in [1.54, 1.807) is 0 Å². The minimum absolute atomic E-state index is 0. The molecule has 0 fully saturated rings. The predicted molar refractivity (Wildman–Crippen MR) is 53.8 cm³/mol. The van der Waals surface area contributed by atoms with Gasteiger partial charge in [-0.05, 0) is 22.6 Å². The van der Waals surface area contributed by atoms with Crippen molar-refractivity contribution >= 4 is 74.1 Å². The monoisotopic (exact) mass is 332 g/mol. The zero-order valence-electron chi connectivity index (χ0n) is 5.52. The maximum atomic E-state index is 10.5. The van der Waals surface area contributed by atoms with Gasteiger partial charge in [0.15, 0.2) is 0 Å². The SMILES string of the molecule is NC(=O)C(I)(C(N)=O)S(=O)(=O)O.[NaH]. The Morgan fingerprint density at radius 1 is 1.23 bits per heavy atom. The number of hydrogen-bond donors (Lipinski definition) is 3. The average molecular weight is 332 g/mol. The van der Waals surface area contributed by atoms with E-state index in [1.807, 2.05) is 0 Å². The van der Waals surface area contributed by atoms with Crippen LogP contribution in [0.1, 0.15) is 0 Å². The number of primary amides is 2. The van der Waals surface area contributed by atoms with Gasteiger partial charge in [-0.1, -0.05) is 0 Å². The fourth-order valence-corrected chi connectivity index (χ4v) is 0.884. The van der Waals surface area contributed by atoms with E-state index in [4.69, 9.17) is 4.55 Å². The summed E-state index contributed by atoms with van der Waals surface area (Å²) in [5.41, 5.74) is 9.14. The van der Waals surface area contributed by atoms with Crippen LogP contribution in [0.5, 0.6) is 0 Å². The van der Waals surface area contributed by atoms with Crippen molar-refractivity contribution in [1.82, 2.24) is 0 Å². The van der Waals surface area contributed by atoms with Gasteiger partial charge in [0, 0.05) is 0 Å². The van der Waals surface area contributed by atoms with E-state index >= 15 is 0 Å². The number of amides is 2. The van der Waals surface area contributed by atoms with Crippen LogP contribution >= 0.6 is 22.6 Å². The topological polar surface area (TPSA) is 141 Å². The minimum atomic E-state index is -4.93. The van der Waals surface area contributed by atoms with Gasteiger partial charge in [-0.25, -0.2) is 0 Å². The Morgan fingerprint density at radius 3 is 1.46 bits per heavy atom. The third-order valence-electron chi connectivity index (χ3n) is 0.989. The van der Waals surface area contributed by atoms with Crippen molar-refractivity contribution in [3.63, 3.8) is 0 Å². The molecule has 5 N–H and O–H groups in total. The Balaban J connectivity index is 0. The Hall–Kier alpha value is 0.580. The van der Waals surface area contributed by atoms with Crippen molar-refractivity contribution in [2.75, 3.05) is 0 Å². The zero-order chi connectivity index (χ0) is 10.2. The number of hydrogen-bond acceptors (Lipinski definition) is 4. The third kappa shape index (κ3) is 3.02. The molecule has 0 radical (unpaired) electrons. The molecular formula is C3H6IN2NaO5S. The molecule has 2 amide bonds. The van der Waals surface area contributed by atoms with Crippen LogP contribution < -0.4 is 11.5 Å².